The molecule has 6 rings (SSSR count). The van der Waals surface area contributed by atoms with Gasteiger partial charge < -0.3 is 31.2 Å². The van der Waals surface area contributed by atoms with Crippen molar-refractivity contribution in [3.05, 3.63) is 78.5 Å². The van der Waals surface area contributed by atoms with E-state index in [2.05, 4.69) is 35.9 Å². The predicted molar refractivity (Wildman–Crippen MR) is 190 cm³/mol. The number of nitrogens with one attached hydrogen (secondary N) is 3. The van der Waals surface area contributed by atoms with Gasteiger partial charge in [-0.1, -0.05) is 50.1 Å². The summed E-state index contributed by atoms with van der Waals surface area (Å²) >= 11 is 5.75. The Morgan fingerprint density at radius 1 is 0.630 bits per heavy atom. The summed E-state index contributed by atoms with van der Waals surface area (Å²) in [6, 6.07) is 20.0. The van der Waals surface area contributed by atoms with E-state index in [1.165, 1.54) is 70.5 Å². The first-order chi connectivity index (χ1) is 22.0. The molecule has 0 aliphatic heterocycles. The van der Waals surface area contributed by atoms with E-state index in [1.807, 2.05) is 54.6 Å². The van der Waals surface area contributed by atoms with Gasteiger partial charge in [-0.15, -0.1) is 12.4 Å². The van der Waals surface area contributed by atoms with Crippen LogP contribution in [0.25, 0.3) is 0 Å². The van der Waals surface area contributed by atoms with Gasteiger partial charge in [0.2, 0.25) is 0 Å². The standard InChI is InChI=1S/C17H22N4O.C11H10ClN3O.C6H13N.ClH/c1-22-15-9-7-14(8-10-15)21-17-11-16(18-12-19-17)20-13-5-3-2-4-6-13;1-16-9-4-2-8(3-5-9)15-11-6-10(12)13-7-14-11;7-6-4-2-1-3-5-6;/h7-13H,2-6H2,1H3,(H2,18,19,20,21);2-7H,1H3,(H,13,14,15);6H,1-5,7H2;1H. The Kier molecular flexibility index (Phi) is 16.2. The average Bonchev–Trinajstić information content (AvgIpc) is 3.07. The number of methoxy groups -OCH3 is 2. The smallest absolute Gasteiger partial charge is 0.135 e. The molecule has 2 heterocycles. The largest absolute Gasteiger partial charge is 0.497 e. The maximum Gasteiger partial charge on any atom is 0.135 e. The number of halogens is 2. The molecule has 5 N–H and O–H groups in total. The van der Waals surface area contributed by atoms with Crippen molar-refractivity contribution in [3.8, 4) is 11.5 Å². The highest BCUT2D eigenvalue weighted by molar-refractivity contribution is 6.29. The van der Waals surface area contributed by atoms with E-state index in [0.717, 1.165) is 34.5 Å². The van der Waals surface area contributed by atoms with Crippen molar-refractivity contribution in [2.75, 3.05) is 30.2 Å². The third-order valence-electron chi connectivity index (χ3n) is 7.63. The molecule has 0 spiro atoms. The van der Waals surface area contributed by atoms with Gasteiger partial charge in [-0.2, -0.15) is 0 Å². The normalized spacial score (nSPS) is 14.6. The van der Waals surface area contributed by atoms with Gasteiger partial charge in [-0.25, -0.2) is 19.9 Å². The van der Waals surface area contributed by atoms with E-state index in [0.29, 0.717) is 23.1 Å². The number of aromatic nitrogens is 4. The molecule has 0 atom stereocenters. The number of anilines is 5. The fourth-order valence-corrected chi connectivity index (χ4v) is 5.29. The first-order valence-electron chi connectivity index (χ1n) is 15.6. The first kappa shape index (κ1) is 36.6. The quantitative estimate of drug-likeness (QED) is 0.135. The lowest BCUT2D eigenvalue weighted by Gasteiger charge is -2.23. The summed E-state index contributed by atoms with van der Waals surface area (Å²) < 4.78 is 10.2. The van der Waals surface area contributed by atoms with Crippen molar-refractivity contribution in [1.29, 1.82) is 0 Å². The van der Waals surface area contributed by atoms with Crippen LogP contribution in [0.5, 0.6) is 11.5 Å². The fraction of sp³-hybridized carbons (Fsp3) is 0.412. The van der Waals surface area contributed by atoms with Gasteiger partial charge >= 0.3 is 0 Å². The molecule has 12 heteroatoms. The summed E-state index contributed by atoms with van der Waals surface area (Å²) in [5.74, 6) is 3.99. The lowest BCUT2D eigenvalue weighted by Crippen LogP contribution is -2.22. The van der Waals surface area contributed by atoms with E-state index in [-0.39, 0.29) is 12.4 Å². The van der Waals surface area contributed by atoms with Gasteiger partial charge in [0, 0.05) is 35.6 Å². The zero-order valence-corrected chi connectivity index (χ0v) is 28.2. The monoisotopic (exact) mass is 668 g/mol. The topological polar surface area (TPSA) is 132 Å². The third kappa shape index (κ3) is 13.2. The Hall–Kier alpha value is -3.86. The van der Waals surface area contributed by atoms with Crippen LogP contribution >= 0.6 is 24.0 Å². The molecule has 0 radical (unpaired) electrons. The summed E-state index contributed by atoms with van der Waals surface area (Å²) in [4.78, 5) is 16.4. The van der Waals surface area contributed by atoms with Crippen molar-refractivity contribution >= 4 is 52.8 Å². The molecular formula is C34H46Cl2N8O2. The summed E-state index contributed by atoms with van der Waals surface area (Å²) in [7, 11) is 3.29. The maximum atomic E-state index is 5.75. The molecule has 0 saturated heterocycles. The molecule has 2 aromatic heterocycles. The van der Waals surface area contributed by atoms with Crippen molar-refractivity contribution in [1.82, 2.24) is 19.9 Å². The van der Waals surface area contributed by atoms with Crippen LogP contribution in [0.1, 0.15) is 64.2 Å². The Balaban J connectivity index is 0.000000210. The second kappa shape index (κ2) is 20.3. The number of hydrogen-bond donors (Lipinski definition) is 4. The number of ether oxygens (including phenoxy) is 2. The van der Waals surface area contributed by atoms with Gasteiger partial charge in [0.1, 0.15) is 46.8 Å². The number of benzene rings is 2. The van der Waals surface area contributed by atoms with Gasteiger partial charge in [0.05, 0.1) is 14.2 Å². The van der Waals surface area contributed by atoms with E-state index in [1.54, 1.807) is 26.6 Å². The van der Waals surface area contributed by atoms with Gasteiger partial charge in [-0.3, -0.25) is 0 Å². The van der Waals surface area contributed by atoms with Crippen LogP contribution in [-0.2, 0) is 0 Å². The minimum Gasteiger partial charge on any atom is -0.497 e. The lowest BCUT2D eigenvalue weighted by atomic mass is 9.95. The maximum absolute atomic E-state index is 5.75. The minimum atomic E-state index is 0. The lowest BCUT2D eigenvalue weighted by molar-refractivity contribution is 0.415. The Morgan fingerprint density at radius 2 is 1.09 bits per heavy atom. The summed E-state index contributed by atoms with van der Waals surface area (Å²) in [5, 5.41) is 10.3. The van der Waals surface area contributed by atoms with Gasteiger partial charge in [0.25, 0.3) is 0 Å². The molecule has 2 aliphatic rings. The number of nitrogens with zero attached hydrogens (tertiary/aromatic N) is 4. The third-order valence-corrected chi connectivity index (χ3v) is 7.84. The van der Waals surface area contributed by atoms with Crippen LogP contribution in [-0.4, -0.2) is 46.2 Å². The summed E-state index contributed by atoms with van der Waals surface area (Å²) in [5.41, 5.74) is 7.52. The van der Waals surface area contributed by atoms with Crippen LogP contribution in [0.3, 0.4) is 0 Å². The summed E-state index contributed by atoms with van der Waals surface area (Å²) in [6.45, 7) is 0. The number of nitrogens with two attached hydrogens (primary N) is 1. The van der Waals surface area contributed by atoms with Crippen LogP contribution in [0.15, 0.2) is 73.3 Å². The molecule has 2 aliphatic carbocycles. The molecule has 0 amide bonds. The second-order valence-corrected chi connectivity index (χ2v) is 11.5. The van der Waals surface area contributed by atoms with Crippen molar-refractivity contribution in [2.24, 2.45) is 5.73 Å². The number of hydrogen-bond acceptors (Lipinski definition) is 10. The molecule has 248 valence electrons. The van der Waals surface area contributed by atoms with Crippen LogP contribution in [0.2, 0.25) is 5.15 Å². The zero-order valence-electron chi connectivity index (χ0n) is 26.6. The highest BCUT2D eigenvalue weighted by Gasteiger charge is 2.13. The number of rotatable bonds is 8. The van der Waals surface area contributed by atoms with E-state index in [4.69, 9.17) is 26.8 Å². The molecular weight excluding hydrogens is 623 g/mol. The average molecular weight is 670 g/mol. The first-order valence-corrected chi connectivity index (χ1v) is 16.0. The molecule has 2 fully saturated rings. The highest BCUT2D eigenvalue weighted by Crippen LogP contribution is 2.23. The molecule has 4 aromatic rings. The minimum absolute atomic E-state index is 0. The van der Waals surface area contributed by atoms with Gasteiger partial charge in [0.15, 0.2) is 0 Å². The Labute approximate surface area is 283 Å². The van der Waals surface area contributed by atoms with Gasteiger partial charge in [-0.05, 0) is 74.2 Å². The predicted octanol–water partition coefficient (Wildman–Crippen LogP) is 8.56. The van der Waals surface area contributed by atoms with Crippen molar-refractivity contribution in [3.63, 3.8) is 0 Å². The second-order valence-electron chi connectivity index (χ2n) is 11.1. The molecule has 0 unspecified atom stereocenters. The van der Waals surface area contributed by atoms with E-state index >= 15 is 0 Å². The molecule has 2 saturated carbocycles. The molecule has 46 heavy (non-hydrogen) atoms. The fourth-order valence-electron chi connectivity index (χ4n) is 5.14. The van der Waals surface area contributed by atoms with E-state index < -0.39 is 0 Å². The molecule has 0 bridgehead atoms. The molecule has 10 nitrogen and oxygen atoms in total. The van der Waals surface area contributed by atoms with Crippen LogP contribution < -0.4 is 31.2 Å². The van der Waals surface area contributed by atoms with Crippen LogP contribution in [0, 0.1) is 0 Å². The highest BCUT2D eigenvalue weighted by atomic mass is 35.5. The Bertz CT molecular complexity index is 1400. The van der Waals surface area contributed by atoms with Crippen molar-refractivity contribution < 1.29 is 9.47 Å². The van der Waals surface area contributed by atoms with Crippen molar-refractivity contribution in [2.45, 2.75) is 76.3 Å². The summed E-state index contributed by atoms with van der Waals surface area (Å²) in [6.07, 6.45) is 16.1. The SMILES string of the molecule is COc1ccc(Nc2cc(Cl)ncn2)cc1.COc1ccc(Nc2cc(NC3CCCCC3)ncn2)cc1.Cl.NC1CCCCC1. The Morgan fingerprint density at radius 3 is 1.54 bits per heavy atom. The van der Waals surface area contributed by atoms with E-state index in [9.17, 15) is 0 Å². The zero-order chi connectivity index (χ0) is 31.7. The molecule has 2 aromatic carbocycles. The van der Waals surface area contributed by atoms with Crippen LogP contribution in [0.4, 0.5) is 28.8 Å².